The summed E-state index contributed by atoms with van der Waals surface area (Å²) in [6.07, 6.45) is -1.74. The molecule has 1 aromatic rings. The molecule has 2 aliphatic rings. The number of alkyl halides is 3. The van der Waals surface area contributed by atoms with E-state index in [1.807, 2.05) is 24.0 Å². The van der Waals surface area contributed by atoms with Crippen molar-refractivity contribution in [3.8, 4) is 0 Å². The molecule has 1 unspecified atom stereocenters. The number of guanidine groups is 1. The summed E-state index contributed by atoms with van der Waals surface area (Å²) in [5, 5.41) is 3.28. The maximum absolute atomic E-state index is 12.6. The maximum atomic E-state index is 12.6. The minimum absolute atomic E-state index is 0.227. The summed E-state index contributed by atoms with van der Waals surface area (Å²) in [7, 11) is 1.46. The number of para-hydroxylation sites is 1. The highest BCUT2D eigenvalue weighted by Gasteiger charge is 2.32. The number of aliphatic imine (C=N–C) groups is 1. The Morgan fingerprint density at radius 1 is 1.32 bits per heavy atom. The van der Waals surface area contributed by atoms with Gasteiger partial charge in [-0.15, -0.1) is 0 Å². The fourth-order valence-electron chi connectivity index (χ4n) is 4.30. The highest BCUT2D eigenvalue weighted by molar-refractivity contribution is 5.98. The summed E-state index contributed by atoms with van der Waals surface area (Å²) in [4.78, 5) is 21.9. The Labute approximate surface area is 182 Å². The van der Waals surface area contributed by atoms with Crippen LogP contribution in [0.3, 0.4) is 0 Å². The van der Waals surface area contributed by atoms with Crippen LogP contribution < -0.4 is 10.2 Å². The number of anilines is 1. The van der Waals surface area contributed by atoms with Crippen molar-refractivity contribution in [2.24, 2.45) is 4.99 Å². The second-order valence-corrected chi connectivity index (χ2v) is 8.23. The smallest absolute Gasteiger partial charge is 0.356 e. The van der Waals surface area contributed by atoms with Gasteiger partial charge in [0, 0.05) is 50.7 Å². The van der Waals surface area contributed by atoms with Gasteiger partial charge in [-0.25, -0.2) is 0 Å². The molecule has 0 aromatic heterocycles. The van der Waals surface area contributed by atoms with Crippen molar-refractivity contribution < 1.29 is 18.0 Å². The molecule has 31 heavy (non-hydrogen) atoms. The number of carbonyl (C=O) groups excluding carboxylic acids is 1. The molecular formula is C22H32F3N5O. The number of nitrogens with one attached hydrogen (secondary N) is 1. The highest BCUT2D eigenvalue weighted by atomic mass is 19.4. The molecule has 0 spiro atoms. The second kappa shape index (κ2) is 10.3. The number of fused-ring (bicyclic) bond motifs is 1. The van der Waals surface area contributed by atoms with Crippen molar-refractivity contribution >= 4 is 17.6 Å². The van der Waals surface area contributed by atoms with E-state index < -0.39 is 12.7 Å². The van der Waals surface area contributed by atoms with Crippen molar-refractivity contribution in [1.82, 2.24) is 15.1 Å². The first kappa shape index (κ1) is 23.4. The third kappa shape index (κ3) is 6.35. The van der Waals surface area contributed by atoms with E-state index in [1.54, 1.807) is 0 Å². The predicted octanol–water partition coefficient (Wildman–Crippen LogP) is 3.06. The van der Waals surface area contributed by atoms with E-state index in [0.717, 1.165) is 38.2 Å². The van der Waals surface area contributed by atoms with Gasteiger partial charge in [0.1, 0.15) is 0 Å². The number of likely N-dealkylation sites (tertiary alicyclic amines) is 1. The van der Waals surface area contributed by atoms with E-state index in [9.17, 15) is 18.0 Å². The summed E-state index contributed by atoms with van der Waals surface area (Å²) in [5.41, 5.74) is 2.30. The van der Waals surface area contributed by atoms with Crippen LogP contribution in [0.5, 0.6) is 0 Å². The van der Waals surface area contributed by atoms with E-state index in [-0.39, 0.29) is 24.9 Å². The minimum atomic E-state index is -4.21. The van der Waals surface area contributed by atoms with Crippen LogP contribution in [0.25, 0.3) is 0 Å². The Bertz CT molecular complexity index is 783. The van der Waals surface area contributed by atoms with Gasteiger partial charge in [0.2, 0.25) is 5.91 Å². The van der Waals surface area contributed by atoms with Crippen molar-refractivity contribution in [3.63, 3.8) is 0 Å². The first-order chi connectivity index (χ1) is 14.8. The average molecular weight is 440 g/mol. The third-order valence-electron chi connectivity index (χ3n) is 5.77. The fourth-order valence-corrected chi connectivity index (χ4v) is 4.30. The molecule has 3 rings (SSSR count). The van der Waals surface area contributed by atoms with Crippen LogP contribution >= 0.6 is 0 Å². The van der Waals surface area contributed by atoms with Gasteiger partial charge in [-0.3, -0.25) is 14.7 Å². The van der Waals surface area contributed by atoms with Gasteiger partial charge in [0.05, 0.1) is 13.1 Å². The van der Waals surface area contributed by atoms with E-state index in [0.29, 0.717) is 18.9 Å². The number of rotatable bonds is 8. The zero-order valence-electron chi connectivity index (χ0n) is 18.3. The molecule has 172 valence electrons. The molecule has 9 heteroatoms. The number of halogens is 3. The van der Waals surface area contributed by atoms with Gasteiger partial charge < -0.3 is 15.1 Å². The molecular weight excluding hydrogens is 407 g/mol. The lowest BCUT2D eigenvalue weighted by Crippen LogP contribution is -2.42. The van der Waals surface area contributed by atoms with Crippen LogP contribution in [0.1, 0.15) is 37.7 Å². The Morgan fingerprint density at radius 3 is 2.77 bits per heavy atom. The highest BCUT2D eigenvalue weighted by Crippen LogP contribution is 2.38. The van der Waals surface area contributed by atoms with Crippen LogP contribution in [0.2, 0.25) is 0 Å². The average Bonchev–Trinajstić information content (AvgIpc) is 3.28. The molecule has 1 atom stereocenters. The van der Waals surface area contributed by atoms with E-state index in [1.165, 1.54) is 17.5 Å². The van der Waals surface area contributed by atoms with E-state index in [2.05, 4.69) is 27.3 Å². The van der Waals surface area contributed by atoms with E-state index in [4.69, 9.17) is 0 Å². The fraction of sp³-hybridized carbons (Fsp3) is 0.636. The summed E-state index contributed by atoms with van der Waals surface area (Å²) in [6.45, 7) is 4.54. The summed E-state index contributed by atoms with van der Waals surface area (Å²) in [6, 6.07) is 8.18. The topological polar surface area (TPSA) is 51.2 Å². The zero-order chi connectivity index (χ0) is 22.4. The molecule has 0 saturated carbocycles. The van der Waals surface area contributed by atoms with Crippen molar-refractivity contribution in [3.05, 3.63) is 29.8 Å². The molecule has 1 fully saturated rings. The summed E-state index contributed by atoms with van der Waals surface area (Å²) in [5.74, 6) is 1.21. The first-order valence-corrected chi connectivity index (χ1v) is 11.0. The molecule has 2 aliphatic heterocycles. The van der Waals surface area contributed by atoms with Gasteiger partial charge in [0.25, 0.3) is 0 Å². The SMILES string of the molecule is CCNC(=NCCN(C)CC(F)(F)F)N1CC(CCN2CCCC2=O)c2ccccc21. The molecule has 1 aromatic carbocycles. The molecule has 0 bridgehead atoms. The standard InChI is InChI=1S/C22H32F3N5O/c1-3-26-21(27-11-14-28(2)16-22(23,24)25)30-15-17(18-7-4-5-8-19(18)30)10-13-29-12-6-9-20(29)31/h4-5,7-8,17H,3,6,9-16H2,1-2H3,(H,26,27). The number of hydrogen-bond acceptors (Lipinski definition) is 3. The third-order valence-corrected chi connectivity index (χ3v) is 5.77. The van der Waals surface area contributed by atoms with Gasteiger partial charge in [-0.1, -0.05) is 18.2 Å². The molecule has 0 aliphatic carbocycles. The van der Waals surface area contributed by atoms with Crippen LogP contribution in [0.15, 0.2) is 29.3 Å². The summed E-state index contributed by atoms with van der Waals surface area (Å²) < 4.78 is 37.7. The van der Waals surface area contributed by atoms with E-state index >= 15 is 0 Å². The molecule has 1 saturated heterocycles. The molecule has 1 N–H and O–H groups in total. The summed E-state index contributed by atoms with van der Waals surface area (Å²) >= 11 is 0. The second-order valence-electron chi connectivity index (χ2n) is 8.23. The molecule has 6 nitrogen and oxygen atoms in total. The lowest BCUT2D eigenvalue weighted by Gasteiger charge is -2.24. The van der Waals surface area contributed by atoms with Crippen molar-refractivity contribution in [2.45, 2.75) is 38.3 Å². The van der Waals surface area contributed by atoms with Crippen LogP contribution in [0, 0.1) is 0 Å². The number of amides is 1. The van der Waals surface area contributed by atoms with Crippen molar-refractivity contribution in [2.75, 3.05) is 57.8 Å². The minimum Gasteiger partial charge on any atom is -0.356 e. The van der Waals surface area contributed by atoms with Gasteiger partial charge in [-0.05, 0) is 38.4 Å². The predicted molar refractivity (Wildman–Crippen MR) is 116 cm³/mol. The normalized spacial score (nSPS) is 19.5. The number of nitrogens with zero attached hydrogens (tertiary/aromatic N) is 4. The van der Waals surface area contributed by atoms with Crippen LogP contribution in [-0.2, 0) is 4.79 Å². The largest absolute Gasteiger partial charge is 0.401 e. The lowest BCUT2D eigenvalue weighted by atomic mass is 9.98. The number of benzene rings is 1. The number of carbonyl (C=O) groups is 1. The molecule has 2 heterocycles. The van der Waals surface area contributed by atoms with Gasteiger partial charge >= 0.3 is 6.18 Å². The Balaban J connectivity index is 1.67. The van der Waals surface area contributed by atoms with Crippen LogP contribution in [0.4, 0.5) is 18.9 Å². The number of hydrogen-bond donors (Lipinski definition) is 1. The Kier molecular flexibility index (Phi) is 7.80. The first-order valence-electron chi connectivity index (χ1n) is 11.0. The van der Waals surface area contributed by atoms with Crippen LogP contribution in [-0.4, -0.2) is 80.7 Å². The maximum Gasteiger partial charge on any atom is 0.401 e. The zero-order valence-corrected chi connectivity index (χ0v) is 18.3. The van der Waals surface area contributed by atoms with Gasteiger partial charge in [0.15, 0.2) is 5.96 Å². The lowest BCUT2D eigenvalue weighted by molar-refractivity contribution is -0.142. The van der Waals surface area contributed by atoms with Gasteiger partial charge in [-0.2, -0.15) is 13.2 Å². The Hall–Kier alpha value is -2.29. The van der Waals surface area contributed by atoms with Crippen molar-refractivity contribution in [1.29, 1.82) is 0 Å². The quantitative estimate of drug-likeness (QED) is 0.500. The molecule has 0 radical (unpaired) electrons. The number of likely N-dealkylation sites (N-methyl/N-ethyl adjacent to an activating group) is 1. The monoisotopic (exact) mass is 439 g/mol. The Morgan fingerprint density at radius 2 is 2.10 bits per heavy atom. The molecule has 1 amide bonds.